The summed E-state index contributed by atoms with van der Waals surface area (Å²) >= 11 is 0. The zero-order valence-electron chi connectivity index (χ0n) is 15.2. The van der Waals surface area contributed by atoms with E-state index >= 15 is 0 Å². The number of benzene rings is 4. The normalized spacial score (nSPS) is 15.9. The first-order valence-electron chi connectivity index (χ1n) is 9.36. The van der Waals surface area contributed by atoms with E-state index in [1.54, 1.807) is 24.3 Å². The van der Waals surface area contributed by atoms with E-state index in [0.717, 1.165) is 21.9 Å². The molecule has 2 aliphatic rings. The molecule has 4 nitrogen and oxygen atoms in total. The maximum absolute atomic E-state index is 13.5. The van der Waals surface area contributed by atoms with Gasteiger partial charge < -0.3 is 9.47 Å². The van der Waals surface area contributed by atoms with Crippen molar-refractivity contribution < 1.29 is 19.1 Å². The summed E-state index contributed by atoms with van der Waals surface area (Å²) in [5.41, 5.74) is 2.21. The Morgan fingerprint density at radius 2 is 0.931 bits per heavy atom. The number of hydrogen-bond donors (Lipinski definition) is 0. The SMILES string of the molecule is O=C1c2cc3ccccc3cc2C(=O)C12Oc1ccccc1-c1ccccc1O2. The molecule has 138 valence electrons. The van der Waals surface area contributed by atoms with Gasteiger partial charge in [-0.25, -0.2) is 0 Å². The minimum atomic E-state index is -2.05. The van der Waals surface area contributed by atoms with Gasteiger partial charge in [0.25, 0.3) is 11.6 Å². The Labute approximate surface area is 166 Å². The van der Waals surface area contributed by atoms with Gasteiger partial charge >= 0.3 is 5.79 Å². The molecule has 4 aromatic rings. The second-order valence-electron chi connectivity index (χ2n) is 7.22. The second-order valence-corrected chi connectivity index (χ2v) is 7.22. The van der Waals surface area contributed by atoms with Crippen molar-refractivity contribution in [1.82, 2.24) is 0 Å². The van der Waals surface area contributed by atoms with Crippen LogP contribution in [0.15, 0.2) is 84.9 Å². The van der Waals surface area contributed by atoms with Crippen molar-refractivity contribution in [1.29, 1.82) is 0 Å². The molecule has 0 saturated carbocycles. The average Bonchev–Trinajstić information content (AvgIpc) is 2.89. The summed E-state index contributed by atoms with van der Waals surface area (Å²) < 4.78 is 12.2. The van der Waals surface area contributed by atoms with E-state index < -0.39 is 17.4 Å². The quantitative estimate of drug-likeness (QED) is 0.402. The van der Waals surface area contributed by atoms with Gasteiger partial charge in [-0.3, -0.25) is 9.59 Å². The molecule has 0 N–H and O–H groups in total. The molecule has 4 heteroatoms. The van der Waals surface area contributed by atoms with E-state index in [-0.39, 0.29) is 0 Å². The number of para-hydroxylation sites is 2. The molecule has 0 radical (unpaired) electrons. The van der Waals surface area contributed by atoms with Crippen molar-refractivity contribution >= 4 is 22.3 Å². The van der Waals surface area contributed by atoms with Gasteiger partial charge in [-0.1, -0.05) is 60.7 Å². The molecule has 1 aliphatic heterocycles. The fourth-order valence-corrected chi connectivity index (χ4v) is 4.15. The molecule has 0 fully saturated rings. The molecule has 6 rings (SSSR count). The van der Waals surface area contributed by atoms with Gasteiger partial charge in [-0.2, -0.15) is 0 Å². The van der Waals surface area contributed by atoms with Crippen LogP contribution in [0, 0.1) is 0 Å². The summed E-state index contributed by atoms with van der Waals surface area (Å²) in [4.78, 5) is 27.1. The Bertz CT molecular complexity index is 1250. The van der Waals surface area contributed by atoms with E-state index in [1.165, 1.54) is 0 Å². The van der Waals surface area contributed by atoms with Crippen molar-refractivity contribution in [3.63, 3.8) is 0 Å². The van der Waals surface area contributed by atoms with E-state index in [4.69, 9.17) is 9.47 Å². The third-order valence-electron chi connectivity index (χ3n) is 5.54. The lowest BCUT2D eigenvalue weighted by atomic mass is 10.0. The number of carbonyl (C=O) groups excluding carboxylic acids is 2. The Morgan fingerprint density at radius 3 is 1.41 bits per heavy atom. The van der Waals surface area contributed by atoms with Crippen LogP contribution >= 0.6 is 0 Å². The number of ketones is 2. The summed E-state index contributed by atoms with van der Waals surface area (Å²) in [5.74, 6) is -2.12. The molecule has 4 aromatic carbocycles. The highest BCUT2D eigenvalue weighted by atomic mass is 16.7. The first-order valence-corrected chi connectivity index (χ1v) is 9.36. The van der Waals surface area contributed by atoms with Crippen LogP contribution < -0.4 is 9.47 Å². The van der Waals surface area contributed by atoms with Gasteiger partial charge in [0.1, 0.15) is 11.5 Å². The summed E-state index contributed by atoms with van der Waals surface area (Å²) in [6.45, 7) is 0. The number of carbonyl (C=O) groups is 2. The fraction of sp³-hybridized carbons (Fsp3) is 0.0400. The van der Waals surface area contributed by atoms with Gasteiger partial charge in [0, 0.05) is 22.3 Å². The smallest absolute Gasteiger partial charge is 0.383 e. The Balaban J connectivity index is 1.61. The lowest BCUT2D eigenvalue weighted by Crippen LogP contribution is -2.52. The monoisotopic (exact) mass is 378 g/mol. The molecule has 1 aliphatic carbocycles. The third-order valence-corrected chi connectivity index (χ3v) is 5.54. The van der Waals surface area contributed by atoms with Crippen molar-refractivity contribution in [2.24, 2.45) is 0 Å². The number of Topliss-reactive ketones (excluding diaryl/α,β-unsaturated/α-hetero) is 2. The van der Waals surface area contributed by atoms with Gasteiger partial charge in [-0.15, -0.1) is 0 Å². The molecule has 1 heterocycles. The highest BCUT2D eigenvalue weighted by Gasteiger charge is 2.60. The minimum Gasteiger partial charge on any atom is -0.439 e. The predicted molar refractivity (Wildman–Crippen MR) is 108 cm³/mol. The van der Waals surface area contributed by atoms with Crippen LogP contribution in [0.1, 0.15) is 20.7 Å². The van der Waals surface area contributed by atoms with Crippen LogP contribution in [0.5, 0.6) is 11.5 Å². The van der Waals surface area contributed by atoms with Crippen LogP contribution in [0.4, 0.5) is 0 Å². The summed E-state index contributed by atoms with van der Waals surface area (Å²) in [5, 5.41) is 1.78. The first-order chi connectivity index (χ1) is 14.2. The topological polar surface area (TPSA) is 52.6 Å². The first kappa shape index (κ1) is 16.1. The molecular weight excluding hydrogens is 364 g/mol. The standard InChI is InChI=1S/C25H14O4/c26-23-19-13-15-7-1-2-8-16(15)14-20(19)24(27)25(23)28-21-11-5-3-9-17(21)18-10-4-6-12-22(18)29-25/h1-14H. The van der Waals surface area contributed by atoms with Crippen LogP contribution in [-0.2, 0) is 0 Å². The lowest BCUT2D eigenvalue weighted by Gasteiger charge is -2.26. The summed E-state index contributed by atoms with van der Waals surface area (Å²) in [6.07, 6.45) is 0. The van der Waals surface area contributed by atoms with E-state index in [1.807, 2.05) is 60.7 Å². The van der Waals surface area contributed by atoms with E-state index in [0.29, 0.717) is 22.6 Å². The molecule has 1 spiro atoms. The van der Waals surface area contributed by atoms with Gasteiger partial charge in [0.2, 0.25) is 0 Å². The summed E-state index contributed by atoms with van der Waals surface area (Å²) in [7, 11) is 0. The van der Waals surface area contributed by atoms with Gasteiger partial charge in [0.15, 0.2) is 0 Å². The predicted octanol–water partition coefficient (Wildman–Crippen LogP) is 5.05. The van der Waals surface area contributed by atoms with Crippen LogP contribution in [0.2, 0.25) is 0 Å². The molecular formula is C25H14O4. The zero-order valence-corrected chi connectivity index (χ0v) is 15.2. The number of hydrogen-bond acceptors (Lipinski definition) is 4. The highest BCUT2D eigenvalue weighted by Crippen LogP contribution is 2.46. The molecule has 29 heavy (non-hydrogen) atoms. The Kier molecular flexibility index (Phi) is 3.08. The molecule has 0 unspecified atom stereocenters. The fourth-order valence-electron chi connectivity index (χ4n) is 4.15. The maximum atomic E-state index is 13.5. The minimum absolute atomic E-state index is 0.325. The molecule has 0 atom stereocenters. The number of fused-ring (bicyclic) bond motifs is 5. The third kappa shape index (κ3) is 2.08. The molecule has 0 aromatic heterocycles. The van der Waals surface area contributed by atoms with Crippen molar-refractivity contribution in [3.05, 3.63) is 96.1 Å². The largest absolute Gasteiger partial charge is 0.439 e. The molecule has 0 bridgehead atoms. The van der Waals surface area contributed by atoms with Crippen LogP contribution in [0.25, 0.3) is 21.9 Å². The Morgan fingerprint density at radius 1 is 0.517 bits per heavy atom. The zero-order chi connectivity index (χ0) is 19.6. The average molecular weight is 378 g/mol. The van der Waals surface area contributed by atoms with Crippen LogP contribution in [-0.4, -0.2) is 17.4 Å². The summed E-state index contributed by atoms with van der Waals surface area (Å²) in [6, 6.07) is 25.8. The highest BCUT2D eigenvalue weighted by molar-refractivity contribution is 6.32. The van der Waals surface area contributed by atoms with Crippen molar-refractivity contribution in [3.8, 4) is 22.6 Å². The van der Waals surface area contributed by atoms with Crippen molar-refractivity contribution in [2.75, 3.05) is 0 Å². The van der Waals surface area contributed by atoms with Crippen molar-refractivity contribution in [2.45, 2.75) is 5.79 Å². The molecule has 0 saturated heterocycles. The number of ether oxygens (including phenoxy) is 2. The van der Waals surface area contributed by atoms with Gasteiger partial charge in [-0.05, 0) is 35.0 Å². The second kappa shape index (κ2) is 5.55. The molecule has 0 amide bonds. The van der Waals surface area contributed by atoms with Gasteiger partial charge in [0.05, 0.1) is 0 Å². The van der Waals surface area contributed by atoms with E-state index in [9.17, 15) is 9.59 Å². The lowest BCUT2D eigenvalue weighted by molar-refractivity contribution is -0.0485. The Hall–Kier alpha value is -3.92. The van der Waals surface area contributed by atoms with Crippen LogP contribution in [0.3, 0.4) is 0 Å². The number of rotatable bonds is 0. The van der Waals surface area contributed by atoms with E-state index in [2.05, 4.69) is 0 Å². The maximum Gasteiger partial charge on any atom is 0.383 e.